The summed E-state index contributed by atoms with van der Waals surface area (Å²) in [5.41, 5.74) is 2.10. The van der Waals surface area contributed by atoms with E-state index in [9.17, 15) is 10.0 Å². The molecule has 2 aromatic heterocycles. The molecule has 35 heavy (non-hydrogen) atoms. The number of rotatable bonds is 10. The van der Waals surface area contributed by atoms with E-state index < -0.39 is 0 Å². The molecular weight excluding hydrogens is 524 g/mol. The molecule has 1 unspecified atom stereocenters. The number of thiophene rings is 1. The highest BCUT2D eigenvalue weighted by molar-refractivity contribution is 9.10. The summed E-state index contributed by atoms with van der Waals surface area (Å²) in [7, 11) is 3.50. The van der Waals surface area contributed by atoms with Gasteiger partial charge in [0.1, 0.15) is 17.2 Å². The predicted octanol–water partition coefficient (Wildman–Crippen LogP) is 5.46. The number of nitrogens with zero attached hydrogens (tertiary/aromatic N) is 4. The number of halogens is 1. The van der Waals surface area contributed by atoms with E-state index in [-0.39, 0.29) is 16.2 Å². The van der Waals surface area contributed by atoms with Gasteiger partial charge < -0.3 is 0 Å². The Hall–Kier alpha value is -2.62. The average molecular weight is 555 g/mol. The van der Waals surface area contributed by atoms with Gasteiger partial charge in [-0.1, -0.05) is 64.5 Å². The van der Waals surface area contributed by atoms with E-state index in [0.717, 1.165) is 20.4 Å². The molecule has 0 spiro atoms. The Bertz CT molecular complexity index is 1340. The van der Waals surface area contributed by atoms with Gasteiger partial charge in [-0.05, 0) is 34.7 Å². The summed E-state index contributed by atoms with van der Waals surface area (Å²) in [5.74, 6) is 0.657. The lowest BCUT2D eigenvalue weighted by molar-refractivity contribution is -1.07. The summed E-state index contributed by atoms with van der Waals surface area (Å²) in [6, 6.07) is 19.6. The van der Waals surface area contributed by atoms with Crippen LogP contribution in [0.5, 0.6) is 0 Å². The number of fused-ring (bicyclic) bond motifs is 1. The first-order valence-corrected chi connectivity index (χ1v) is 13.1. The molecule has 0 aliphatic carbocycles. The zero-order valence-corrected chi connectivity index (χ0v) is 22.4. The van der Waals surface area contributed by atoms with Gasteiger partial charge in [-0.25, -0.2) is 10.2 Å². The van der Waals surface area contributed by atoms with Crippen LogP contribution in [0.15, 0.2) is 88.0 Å². The first kappa shape index (κ1) is 25.5. The minimum Gasteiger partial charge on any atom is -0.290 e. The molecule has 1 N–H and O–H groups in total. The third kappa shape index (κ3) is 6.34. The molecule has 0 saturated carbocycles. The van der Waals surface area contributed by atoms with Crippen molar-refractivity contribution in [2.24, 2.45) is 0 Å². The first-order chi connectivity index (χ1) is 16.7. The molecule has 0 aliphatic rings. The number of hydrogen-bond acceptors (Lipinski definition) is 5. The summed E-state index contributed by atoms with van der Waals surface area (Å²) in [6.45, 7) is 6.26. The monoisotopic (exact) mass is 553 g/mol. The molecule has 4 aromatic rings. The minimum atomic E-state index is -0.326. The molecule has 0 radical (unpaired) electrons. The second-order valence-corrected chi connectivity index (χ2v) is 10.9. The Morgan fingerprint density at radius 3 is 2.51 bits per heavy atom. The van der Waals surface area contributed by atoms with Crippen molar-refractivity contribution in [1.29, 1.82) is 0 Å². The van der Waals surface area contributed by atoms with Crippen LogP contribution in [0.25, 0.3) is 10.2 Å². The third-order valence-electron chi connectivity index (χ3n) is 5.91. The maximum absolute atomic E-state index is 13.6. The van der Waals surface area contributed by atoms with Crippen LogP contribution in [0, 0.1) is 0 Å². The molecule has 0 fully saturated rings. The zero-order valence-electron chi connectivity index (χ0n) is 20.0. The molecule has 0 saturated heterocycles. The lowest BCUT2D eigenvalue weighted by Gasteiger charge is -2.32. The number of hydroxylamine groups is 3. The summed E-state index contributed by atoms with van der Waals surface area (Å²) < 4.78 is 2.63. The molecule has 2 heterocycles. The summed E-state index contributed by atoms with van der Waals surface area (Å²) in [6.07, 6.45) is 1.85. The zero-order chi connectivity index (χ0) is 25.0. The number of benzene rings is 2. The molecule has 2 aromatic carbocycles. The Kier molecular flexibility index (Phi) is 7.98. The smallest absolute Gasteiger partial charge is 0.262 e. The van der Waals surface area contributed by atoms with Crippen LogP contribution in [0.3, 0.4) is 0 Å². The van der Waals surface area contributed by atoms with Crippen molar-refractivity contribution in [3.05, 3.63) is 110 Å². The second-order valence-electron chi connectivity index (χ2n) is 9.11. The molecule has 0 amide bonds. The summed E-state index contributed by atoms with van der Waals surface area (Å²) in [5, 5.41) is 12.9. The maximum atomic E-state index is 13.6. The lowest BCUT2D eigenvalue weighted by Crippen LogP contribution is -2.44. The fourth-order valence-corrected chi connectivity index (χ4v) is 5.07. The first-order valence-electron chi connectivity index (χ1n) is 11.4. The van der Waals surface area contributed by atoms with Crippen molar-refractivity contribution >= 4 is 37.5 Å². The van der Waals surface area contributed by atoms with E-state index >= 15 is 0 Å². The van der Waals surface area contributed by atoms with Gasteiger partial charge in [0, 0.05) is 11.0 Å². The standard InChI is InChI=1S/C27H30BrN4O2S/c1-4-24(30(15-16-32(2,3)34)18-21-10-12-22(28)13-11-21)25-29-26-23(14-17-35-26)27(33)31(25)19-20-8-6-5-7-9-20/h4-14,17,24,34H,1,15-16,18-19H2,2-3H3/q+1. The Balaban J connectivity index is 1.80. The Morgan fingerprint density at radius 2 is 1.86 bits per heavy atom. The summed E-state index contributed by atoms with van der Waals surface area (Å²) >= 11 is 4.97. The second kappa shape index (κ2) is 11.0. The van der Waals surface area contributed by atoms with Crippen LogP contribution in [0.4, 0.5) is 0 Å². The van der Waals surface area contributed by atoms with Crippen molar-refractivity contribution in [2.75, 3.05) is 27.2 Å². The van der Waals surface area contributed by atoms with Gasteiger partial charge in [0.2, 0.25) is 0 Å². The highest BCUT2D eigenvalue weighted by Gasteiger charge is 2.26. The minimum absolute atomic E-state index is 0.0520. The third-order valence-corrected chi connectivity index (χ3v) is 7.25. The highest BCUT2D eigenvalue weighted by atomic mass is 79.9. The molecule has 8 heteroatoms. The largest absolute Gasteiger partial charge is 0.290 e. The van der Waals surface area contributed by atoms with Gasteiger partial charge in [0.15, 0.2) is 0 Å². The van der Waals surface area contributed by atoms with E-state index in [2.05, 4.69) is 39.5 Å². The lowest BCUT2D eigenvalue weighted by atomic mass is 10.1. The number of hydrogen-bond donors (Lipinski definition) is 1. The van der Waals surface area contributed by atoms with E-state index in [1.165, 1.54) is 11.3 Å². The van der Waals surface area contributed by atoms with Crippen LogP contribution >= 0.6 is 27.3 Å². The summed E-state index contributed by atoms with van der Waals surface area (Å²) in [4.78, 5) is 21.5. The van der Waals surface area contributed by atoms with Crippen LogP contribution in [0.1, 0.15) is 23.0 Å². The van der Waals surface area contributed by atoms with Crippen LogP contribution in [-0.2, 0) is 13.1 Å². The van der Waals surface area contributed by atoms with E-state index in [1.54, 1.807) is 18.7 Å². The van der Waals surface area contributed by atoms with Crippen LogP contribution < -0.4 is 5.56 Å². The van der Waals surface area contributed by atoms with Gasteiger partial charge in [-0.2, -0.15) is 4.65 Å². The van der Waals surface area contributed by atoms with E-state index in [0.29, 0.717) is 37.4 Å². The van der Waals surface area contributed by atoms with Crippen LogP contribution in [0.2, 0.25) is 0 Å². The van der Waals surface area contributed by atoms with Gasteiger partial charge in [0.25, 0.3) is 5.56 Å². The molecule has 0 bridgehead atoms. The number of likely N-dealkylation sites (N-methyl/N-ethyl adjacent to an activating group) is 1. The van der Waals surface area contributed by atoms with E-state index in [1.807, 2.05) is 60.0 Å². The SMILES string of the molecule is C=CC(c1nc2sccc2c(=O)n1Cc1ccccc1)N(CC[N+](C)(C)O)Cc1ccc(Br)cc1. The fraction of sp³-hybridized carbons (Fsp3) is 0.259. The molecular formula is C27H30BrN4O2S+. The highest BCUT2D eigenvalue weighted by Crippen LogP contribution is 2.26. The predicted molar refractivity (Wildman–Crippen MR) is 146 cm³/mol. The Labute approximate surface area is 218 Å². The molecule has 4 rings (SSSR count). The van der Waals surface area contributed by atoms with Crippen LogP contribution in [-0.4, -0.2) is 51.5 Å². The molecule has 1 atom stereocenters. The van der Waals surface area contributed by atoms with Crippen molar-refractivity contribution in [1.82, 2.24) is 14.5 Å². The number of aromatic nitrogens is 2. The van der Waals surface area contributed by atoms with Crippen molar-refractivity contribution in [3.8, 4) is 0 Å². The average Bonchev–Trinajstić information content (AvgIpc) is 3.30. The van der Waals surface area contributed by atoms with E-state index in [4.69, 9.17) is 4.98 Å². The topological polar surface area (TPSA) is 58.4 Å². The van der Waals surface area contributed by atoms with Gasteiger partial charge >= 0.3 is 0 Å². The van der Waals surface area contributed by atoms with Gasteiger partial charge in [0.05, 0.1) is 38.6 Å². The van der Waals surface area contributed by atoms with Crippen molar-refractivity contribution in [3.63, 3.8) is 0 Å². The molecule has 0 aliphatic heterocycles. The molecule has 6 nitrogen and oxygen atoms in total. The van der Waals surface area contributed by atoms with Crippen molar-refractivity contribution < 1.29 is 9.85 Å². The van der Waals surface area contributed by atoms with Crippen molar-refractivity contribution in [2.45, 2.75) is 19.1 Å². The van der Waals surface area contributed by atoms with Gasteiger partial charge in [-0.15, -0.1) is 17.9 Å². The quantitative estimate of drug-likeness (QED) is 0.161. The normalized spacial score (nSPS) is 12.8. The van der Waals surface area contributed by atoms with Gasteiger partial charge in [-0.3, -0.25) is 14.3 Å². The Morgan fingerprint density at radius 1 is 1.14 bits per heavy atom. The number of quaternary nitrogens is 1. The molecule has 182 valence electrons. The maximum Gasteiger partial charge on any atom is 0.262 e. The fourth-order valence-electron chi connectivity index (χ4n) is 4.04.